The molecule has 0 radical (unpaired) electrons. The third kappa shape index (κ3) is 8.97. The van der Waals surface area contributed by atoms with E-state index in [1.54, 1.807) is 0 Å². The second-order valence-corrected chi connectivity index (χ2v) is 12.7. The van der Waals surface area contributed by atoms with Crippen LogP contribution in [0, 0.1) is 0 Å². The van der Waals surface area contributed by atoms with E-state index in [9.17, 15) is 0 Å². The summed E-state index contributed by atoms with van der Waals surface area (Å²) in [4.78, 5) is 0. The van der Waals surface area contributed by atoms with E-state index in [-0.39, 0.29) is 4.46 Å². The number of hydrogen-bond acceptors (Lipinski definition) is 1. The zero-order chi connectivity index (χ0) is 8.20. The van der Waals surface area contributed by atoms with E-state index in [2.05, 4.69) is 19.6 Å². The Bertz CT molecular complexity index is 92.1. The Hall–Kier alpha value is 0.974. The smallest absolute Gasteiger partial charge is 0.195 e. The van der Waals surface area contributed by atoms with Gasteiger partial charge in [-0.3, -0.25) is 0 Å². The zero-order valence-electron chi connectivity index (χ0n) is 6.66. The van der Waals surface area contributed by atoms with Crippen molar-refractivity contribution in [3.8, 4) is 0 Å². The van der Waals surface area contributed by atoms with E-state index >= 15 is 0 Å². The van der Waals surface area contributed by atoms with Crippen LogP contribution in [0.2, 0.25) is 19.6 Å². The second-order valence-electron chi connectivity index (χ2n) is 3.47. The molecule has 0 N–H and O–H groups in total. The van der Waals surface area contributed by atoms with Gasteiger partial charge in [0.25, 0.3) is 0 Å². The van der Waals surface area contributed by atoms with Gasteiger partial charge in [0.15, 0.2) is 9.76 Å². The molecule has 0 saturated carbocycles. The van der Waals surface area contributed by atoms with Crippen LogP contribution < -0.4 is 0 Å². The van der Waals surface area contributed by atoms with E-state index in [1.165, 1.54) is 0 Å². The number of hydrogen-bond donors (Lipinski definition) is 0. The summed E-state index contributed by atoms with van der Waals surface area (Å²) in [5.41, 5.74) is 0. The van der Waals surface area contributed by atoms with E-state index < -0.39 is 17.8 Å². The first kappa shape index (κ1) is 11.0. The van der Waals surface area contributed by atoms with Gasteiger partial charge in [-0.2, -0.15) is 0 Å². The van der Waals surface area contributed by atoms with Gasteiger partial charge in [-0.15, -0.1) is 23.2 Å². The van der Waals surface area contributed by atoms with Gasteiger partial charge in [0.05, 0.1) is 8.07 Å². The van der Waals surface area contributed by atoms with Crippen molar-refractivity contribution in [3.05, 3.63) is 0 Å². The minimum Gasteiger partial charge on any atom is -0.424 e. The van der Waals surface area contributed by atoms with Crippen molar-refractivity contribution in [2.45, 2.75) is 24.1 Å². The summed E-state index contributed by atoms with van der Waals surface area (Å²) in [6.07, 6.45) is 0.898. The van der Waals surface area contributed by atoms with Gasteiger partial charge in [-0.05, 0) is 0 Å². The monoisotopic (exact) mass is 216 g/mol. The largest absolute Gasteiger partial charge is 0.424 e. The molecule has 0 fully saturated rings. The first-order chi connectivity index (χ1) is 4.42. The maximum atomic E-state index is 5.52. The van der Waals surface area contributed by atoms with Crippen LogP contribution in [-0.4, -0.2) is 28.5 Å². The lowest BCUT2D eigenvalue weighted by Gasteiger charge is -2.15. The molecule has 0 aromatic carbocycles. The summed E-state index contributed by atoms with van der Waals surface area (Å²) in [7, 11) is -1.70. The highest BCUT2D eigenvalue weighted by atomic mass is 35.5. The minimum atomic E-state index is -1.03. The molecule has 0 saturated heterocycles. The molecule has 0 aliphatic rings. The summed E-state index contributed by atoms with van der Waals surface area (Å²) >= 11 is 11.0. The molecule has 10 heavy (non-hydrogen) atoms. The molecule has 0 aromatic heterocycles. The molecular weight excluding hydrogens is 203 g/mol. The quantitative estimate of drug-likeness (QED) is 0.514. The molecule has 1 nitrogen and oxygen atoms in total. The van der Waals surface area contributed by atoms with Gasteiger partial charge in [0.2, 0.25) is 0 Å². The van der Waals surface area contributed by atoms with Crippen LogP contribution in [0.25, 0.3) is 0 Å². The molecule has 0 aromatic rings. The molecular formula is C5H14Cl2OSi2. The Morgan fingerprint density at radius 3 is 2.20 bits per heavy atom. The van der Waals surface area contributed by atoms with Gasteiger partial charge < -0.3 is 4.43 Å². The first-order valence-electron chi connectivity index (χ1n) is 3.28. The van der Waals surface area contributed by atoms with Gasteiger partial charge in [-0.25, -0.2) is 0 Å². The van der Waals surface area contributed by atoms with Crippen molar-refractivity contribution in [1.29, 1.82) is 0 Å². The Morgan fingerprint density at radius 2 is 1.90 bits per heavy atom. The SMILES string of the molecule is C[Si](C)(C)CO[SiH2]C(Cl)Cl. The molecule has 5 heteroatoms. The van der Waals surface area contributed by atoms with E-state index in [1.807, 2.05) is 0 Å². The molecule has 0 unspecified atom stereocenters. The maximum absolute atomic E-state index is 5.52. The summed E-state index contributed by atoms with van der Waals surface area (Å²) in [5, 5.41) is 0. The third-order valence-corrected chi connectivity index (χ3v) is 3.71. The predicted molar refractivity (Wildman–Crippen MR) is 53.3 cm³/mol. The number of alkyl halides is 2. The molecule has 0 spiro atoms. The molecule has 62 valence electrons. The lowest BCUT2D eigenvalue weighted by Crippen LogP contribution is -2.30. The van der Waals surface area contributed by atoms with Crippen LogP contribution in [-0.2, 0) is 4.43 Å². The van der Waals surface area contributed by atoms with E-state index in [0.717, 1.165) is 6.23 Å². The van der Waals surface area contributed by atoms with Crippen molar-refractivity contribution in [2.75, 3.05) is 6.23 Å². The highest BCUT2D eigenvalue weighted by molar-refractivity contribution is 6.76. The van der Waals surface area contributed by atoms with E-state index in [0.29, 0.717) is 0 Å². The van der Waals surface area contributed by atoms with Gasteiger partial charge >= 0.3 is 0 Å². The average molecular weight is 217 g/mol. The second kappa shape index (κ2) is 4.77. The lowest BCUT2D eigenvalue weighted by atomic mass is 11.7. The van der Waals surface area contributed by atoms with Crippen LogP contribution in [0.3, 0.4) is 0 Å². The Kier molecular flexibility index (Phi) is 5.24. The Labute approximate surface area is 76.0 Å². The van der Waals surface area contributed by atoms with Crippen LogP contribution in [0.5, 0.6) is 0 Å². The van der Waals surface area contributed by atoms with Crippen molar-refractivity contribution < 1.29 is 4.43 Å². The predicted octanol–water partition coefficient (Wildman–Crippen LogP) is 1.73. The van der Waals surface area contributed by atoms with Crippen LogP contribution >= 0.6 is 23.2 Å². The summed E-state index contributed by atoms with van der Waals surface area (Å²) in [5.74, 6) is 0. The fraction of sp³-hybridized carbons (Fsp3) is 1.00. The molecule has 0 atom stereocenters. The maximum Gasteiger partial charge on any atom is 0.195 e. The fourth-order valence-corrected chi connectivity index (χ4v) is 4.09. The Balaban J connectivity index is 3.21. The minimum absolute atomic E-state index is 0.239. The zero-order valence-corrected chi connectivity index (χ0v) is 10.6. The summed E-state index contributed by atoms with van der Waals surface area (Å²) in [6, 6.07) is 0. The highest BCUT2D eigenvalue weighted by Crippen LogP contribution is 2.03. The standard InChI is InChI=1S/C5H14Cl2OSi2/c1-10(2,3)4-8-9-5(6)7/h5H,4,9H2,1-3H3. The average Bonchev–Trinajstić information content (AvgIpc) is 1.59. The molecule has 0 aliphatic carbocycles. The normalized spacial score (nSPS) is 13.8. The molecule has 0 amide bonds. The van der Waals surface area contributed by atoms with Gasteiger partial charge in [0.1, 0.15) is 4.46 Å². The fourth-order valence-electron chi connectivity index (χ4n) is 0.454. The number of halogens is 2. The van der Waals surface area contributed by atoms with Gasteiger partial charge in [-0.1, -0.05) is 19.6 Å². The highest BCUT2D eigenvalue weighted by Gasteiger charge is 2.13. The van der Waals surface area contributed by atoms with Crippen molar-refractivity contribution in [1.82, 2.24) is 0 Å². The third-order valence-electron chi connectivity index (χ3n) is 0.779. The molecule has 0 bridgehead atoms. The van der Waals surface area contributed by atoms with E-state index in [4.69, 9.17) is 27.6 Å². The number of rotatable bonds is 4. The van der Waals surface area contributed by atoms with Crippen molar-refractivity contribution >= 4 is 41.0 Å². The first-order valence-corrected chi connectivity index (χ1v) is 9.25. The van der Waals surface area contributed by atoms with Crippen LogP contribution in [0.1, 0.15) is 0 Å². The molecule has 0 heterocycles. The molecule has 0 aliphatic heterocycles. The molecule has 0 rings (SSSR count). The van der Waals surface area contributed by atoms with Crippen LogP contribution in [0.4, 0.5) is 0 Å². The van der Waals surface area contributed by atoms with Crippen molar-refractivity contribution in [3.63, 3.8) is 0 Å². The van der Waals surface area contributed by atoms with Crippen molar-refractivity contribution in [2.24, 2.45) is 0 Å². The Morgan fingerprint density at radius 1 is 1.40 bits per heavy atom. The lowest BCUT2D eigenvalue weighted by molar-refractivity contribution is 0.403. The topological polar surface area (TPSA) is 9.23 Å². The van der Waals surface area contributed by atoms with Crippen LogP contribution in [0.15, 0.2) is 0 Å². The summed E-state index contributed by atoms with van der Waals surface area (Å²) < 4.78 is 5.16. The van der Waals surface area contributed by atoms with Gasteiger partial charge in [0, 0.05) is 6.23 Å². The summed E-state index contributed by atoms with van der Waals surface area (Å²) in [6.45, 7) is 6.79.